The van der Waals surface area contributed by atoms with Gasteiger partial charge in [0.05, 0.1) is 5.57 Å². The van der Waals surface area contributed by atoms with Gasteiger partial charge >= 0.3 is 17.9 Å². The van der Waals surface area contributed by atoms with E-state index in [2.05, 4.69) is 0 Å². The maximum absolute atomic E-state index is 12.5. The van der Waals surface area contributed by atoms with Crippen molar-refractivity contribution in [3.05, 3.63) is 23.3 Å². The van der Waals surface area contributed by atoms with E-state index in [0.717, 1.165) is 19.3 Å². The summed E-state index contributed by atoms with van der Waals surface area (Å²) in [5.74, 6) is -3.66. The van der Waals surface area contributed by atoms with Crippen LogP contribution in [0.3, 0.4) is 0 Å². The summed E-state index contributed by atoms with van der Waals surface area (Å²) in [6, 6.07) is 0. The van der Waals surface area contributed by atoms with Crippen LogP contribution in [0, 0.1) is 10.8 Å². The Morgan fingerprint density at radius 3 is 1.59 bits per heavy atom. The second kappa shape index (κ2) is 9.72. The van der Waals surface area contributed by atoms with Crippen molar-refractivity contribution in [1.82, 2.24) is 0 Å². The molecule has 0 spiro atoms. The third-order valence-electron chi connectivity index (χ3n) is 5.60. The molecule has 0 aromatic carbocycles. The van der Waals surface area contributed by atoms with E-state index in [4.69, 9.17) is 0 Å². The number of aliphatic carboxylic acids is 3. The Kier molecular flexibility index (Phi) is 8.25. The SMILES string of the molecule is CCCCC1=CC(CCCC)(C(=O)O)C(CCCC)(C(=O)O)C=C1C(=O)O. The lowest BCUT2D eigenvalue weighted by Gasteiger charge is -2.45. The molecule has 0 saturated heterocycles. The molecule has 0 fully saturated rings. The molecule has 3 N–H and O–H groups in total. The Hall–Kier alpha value is -2.11. The van der Waals surface area contributed by atoms with E-state index in [-0.39, 0.29) is 18.4 Å². The molecule has 27 heavy (non-hydrogen) atoms. The molecular weight excluding hydrogens is 348 g/mol. The lowest BCUT2D eigenvalue weighted by atomic mass is 9.55. The predicted molar refractivity (Wildman–Crippen MR) is 103 cm³/mol. The highest BCUT2D eigenvalue weighted by molar-refractivity contribution is 5.98. The molecule has 152 valence electrons. The first-order valence-electron chi connectivity index (χ1n) is 9.87. The largest absolute Gasteiger partial charge is 0.481 e. The summed E-state index contributed by atoms with van der Waals surface area (Å²) in [7, 11) is 0. The van der Waals surface area contributed by atoms with Crippen molar-refractivity contribution in [2.45, 2.75) is 78.6 Å². The van der Waals surface area contributed by atoms with Gasteiger partial charge in [-0.15, -0.1) is 0 Å². The average Bonchev–Trinajstić information content (AvgIpc) is 2.62. The average molecular weight is 380 g/mol. The first-order valence-corrected chi connectivity index (χ1v) is 9.87. The van der Waals surface area contributed by atoms with Gasteiger partial charge in [-0.1, -0.05) is 65.0 Å². The van der Waals surface area contributed by atoms with Crippen molar-refractivity contribution >= 4 is 17.9 Å². The third kappa shape index (κ3) is 4.42. The molecule has 0 radical (unpaired) electrons. The van der Waals surface area contributed by atoms with Gasteiger partial charge < -0.3 is 15.3 Å². The zero-order chi connectivity index (χ0) is 20.7. The molecule has 0 heterocycles. The maximum Gasteiger partial charge on any atom is 0.335 e. The molecule has 2 unspecified atom stereocenters. The fraction of sp³-hybridized carbons (Fsp3) is 0.667. The second-order valence-corrected chi connectivity index (χ2v) is 7.40. The lowest BCUT2D eigenvalue weighted by molar-refractivity contribution is -0.167. The van der Waals surface area contributed by atoms with E-state index in [1.54, 1.807) is 0 Å². The second-order valence-electron chi connectivity index (χ2n) is 7.40. The van der Waals surface area contributed by atoms with Gasteiger partial charge in [0, 0.05) is 0 Å². The molecular formula is C21H32O6. The van der Waals surface area contributed by atoms with Gasteiger partial charge in [-0.3, -0.25) is 9.59 Å². The van der Waals surface area contributed by atoms with E-state index < -0.39 is 28.7 Å². The normalized spacial score (nSPS) is 24.9. The quantitative estimate of drug-likeness (QED) is 0.454. The highest BCUT2D eigenvalue weighted by Crippen LogP contribution is 2.54. The Balaban J connectivity index is 3.75. The Morgan fingerprint density at radius 1 is 0.778 bits per heavy atom. The van der Waals surface area contributed by atoms with Gasteiger partial charge in [-0.05, 0) is 31.3 Å². The minimum atomic E-state index is -1.76. The van der Waals surface area contributed by atoms with Gasteiger partial charge in [-0.2, -0.15) is 0 Å². The number of carbonyl (C=O) groups is 3. The first kappa shape index (κ1) is 22.9. The molecule has 0 aromatic rings. The standard InChI is InChI=1S/C21H32O6/c1-4-7-10-15-13-20(18(24)25,11-8-5-2)21(19(26)27,12-9-6-3)14-16(15)17(22)23/h13-14H,4-12H2,1-3H3,(H,22,23)(H,24,25)(H,26,27). The van der Waals surface area contributed by atoms with Crippen LogP contribution in [0.2, 0.25) is 0 Å². The molecule has 0 saturated carbocycles. The Bertz CT molecular complexity index is 633. The van der Waals surface area contributed by atoms with Crippen molar-refractivity contribution in [3.8, 4) is 0 Å². The maximum atomic E-state index is 12.5. The topological polar surface area (TPSA) is 112 Å². The summed E-state index contributed by atoms with van der Waals surface area (Å²) in [6.45, 7) is 5.79. The molecule has 1 aliphatic carbocycles. The van der Waals surface area contributed by atoms with Gasteiger partial charge in [0.2, 0.25) is 0 Å². The molecule has 0 amide bonds. The van der Waals surface area contributed by atoms with Crippen LogP contribution in [0.15, 0.2) is 23.3 Å². The van der Waals surface area contributed by atoms with Crippen LogP contribution in [0.5, 0.6) is 0 Å². The highest BCUT2D eigenvalue weighted by atomic mass is 16.4. The minimum absolute atomic E-state index is 0.0599. The summed E-state index contributed by atoms with van der Waals surface area (Å²) < 4.78 is 0. The summed E-state index contributed by atoms with van der Waals surface area (Å²) in [5, 5.41) is 30.0. The van der Waals surface area contributed by atoms with Crippen LogP contribution in [0.25, 0.3) is 0 Å². The monoisotopic (exact) mass is 380 g/mol. The van der Waals surface area contributed by atoms with E-state index in [1.165, 1.54) is 12.2 Å². The number of carboxylic acids is 3. The molecule has 1 aliphatic rings. The lowest BCUT2D eigenvalue weighted by Crippen LogP contribution is -2.52. The van der Waals surface area contributed by atoms with E-state index in [1.807, 2.05) is 20.8 Å². The summed E-state index contributed by atoms with van der Waals surface area (Å²) in [5.41, 5.74) is -3.01. The molecule has 0 bridgehead atoms. The van der Waals surface area contributed by atoms with E-state index in [0.29, 0.717) is 31.3 Å². The third-order valence-corrected chi connectivity index (χ3v) is 5.60. The summed E-state index contributed by atoms with van der Waals surface area (Å²) in [4.78, 5) is 36.8. The molecule has 6 heteroatoms. The van der Waals surface area contributed by atoms with Crippen molar-refractivity contribution in [1.29, 1.82) is 0 Å². The fourth-order valence-corrected chi connectivity index (χ4v) is 3.97. The van der Waals surface area contributed by atoms with Gasteiger partial charge in [0.1, 0.15) is 10.8 Å². The Morgan fingerprint density at radius 2 is 1.22 bits per heavy atom. The van der Waals surface area contributed by atoms with Crippen LogP contribution in [-0.4, -0.2) is 33.2 Å². The van der Waals surface area contributed by atoms with Crippen molar-refractivity contribution < 1.29 is 29.7 Å². The van der Waals surface area contributed by atoms with Crippen molar-refractivity contribution in [3.63, 3.8) is 0 Å². The smallest absolute Gasteiger partial charge is 0.335 e. The zero-order valence-electron chi connectivity index (χ0n) is 16.6. The van der Waals surface area contributed by atoms with E-state index in [9.17, 15) is 29.7 Å². The Labute approximate surface area is 161 Å². The number of carboxylic acid groups (broad SMARTS) is 3. The highest BCUT2D eigenvalue weighted by Gasteiger charge is 2.60. The molecule has 0 aromatic heterocycles. The van der Waals surface area contributed by atoms with Crippen LogP contribution in [0.4, 0.5) is 0 Å². The molecule has 2 atom stereocenters. The zero-order valence-corrected chi connectivity index (χ0v) is 16.6. The van der Waals surface area contributed by atoms with Crippen LogP contribution >= 0.6 is 0 Å². The molecule has 0 aliphatic heterocycles. The molecule has 1 rings (SSSR count). The molecule has 6 nitrogen and oxygen atoms in total. The fourth-order valence-electron chi connectivity index (χ4n) is 3.97. The van der Waals surface area contributed by atoms with Crippen LogP contribution in [0.1, 0.15) is 78.6 Å². The summed E-state index contributed by atoms with van der Waals surface area (Å²) in [6.07, 6.45) is 7.45. The van der Waals surface area contributed by atoms with Gasteiger partial charge in [0.15, 0.2) is 0 Å². The van der Waals surface area contributed by atoms with E-state index >= 15 is 0 Å². The van der Waals surface area contributed by atoms with Crippen LogP contribution < -0.4 is 0 Å². The van der Waals surface area contributed by atoms with Crippen molar-refractivity contribution in [2.24, 2.45) is 10.8 Å². The first-order chi connectivity index (χ1) is 12.7. The van der Waals surface area contributed by atoms with Crippen molar-refractivity contribution in [2.75, 3.05) is 0 Å². The number of hydrogen-bond acceptors (Lipinski definition) is 3. The number of hydrogen-bond donors (Lipinski definition) is 3. The van der Waals surface area contributed by atoms with Crippen LogP contribution in [-0.2, 0) is 14.4 Å². The summed E-state index contributed by atoms with van der Waals surface area (Å²) >= 11 is 0. The predicted octanol–water partition coefficient (Wildman–Crippen LogP) is 4.65. The number of unbranched alkanes of at least 4 members (excludes halogenated alkanes) is 3. The minimum Gasteiger partial charge on any atom is -0.481 e. The van der Waals surface area contributed by atoms with Gasteiger partial charge in [0.25, 0.3) is 0 Å². The van der Waals surface area contributed by atoms with Gasteiger partial charge in [-0.25, -0.2) is 4.79 Å². The number of rotatable bonds is 12.